The van der Waals surface area contributed by atoms with Crippen LogP contribution < -0.4 is 0 Å². The summed E-state index contributed by atoms with van der Waals surface area (Å²) in [5.41, 5.74) is 14.8. The third kappa shape index (κ3) is 7.96. The van der Waals surface area contributed by atoms with Crippen LogP contribution in [0.3, 0.4) is 0 Å². The molecule has 0 aliphatic rings. The number of furan rings is 2. The minimum Gasteiger partial charge on any atom is -0.452 e. The van der Waals surface area contributed by atoms with Gasteiger partial charge in [0.25, 0.3) is 0 Å². The van der Waals surface area contributed by atoms with Gasteiger partial charge in [-0.05, 0) is 91.3 Å². The molecule has 0 saturated heterocycles. The van der Waals surface area contributed by atoms with Crippen molar-refractivity contribution >= 4 is 194 Å². The fraction of sp³-hybridized carbons (Fsp3) is 0. The van der Waals surface area contributed by atoms with Crippen LogP contribution in [0.15, 0.2) is 312 Å². The van der Waals surface area contributed by atoms with Crippen LogP contribution in [-0.4, -0.2) is 29.1 Å². The Hall–Kier alpha value is -12.9. The molecule has 23 rings (SSSR count). The van der Waals surface area contributed by atoms with E-state index in [1.807, 2.05) is 40.9 Å². The van der Waals surface area contributed by atoms with Gasteiger partial charge in [0.05, 0.1) is 36.9 Å². The van der Waals surface area contributed by atoms with Crippen molar-refractivity contribution in [2.45, 2.75) is 0 Å². The van der Waals surface area contributed by atoms with Crippen LogP contribution in [0.5, 0.6) is 0 Å². The molecule has 8 nitrogen and oxygen atoms in total. The molecule has 15 aromatic carbocycles. The summed E-state index contributed by atoms with van der Waals surface area (Å²) in [6.45, 7) is 0. The number of nitrogens with zero attached hydrogens (tertiary/aromatic N) is 6. The van der Waals surface area contributed by atoms with Gasteiger partial charge in [-0.15, -0.1) is 22.7 Å². The number of thiophene rings is 2. The number of aromatic nitrogens is 6. The van der Waals surface area contributed by atoms with Crippen LogP contribution in [0, 0.1) is 0 Å². The van der Waals surface area contributed by atoms with Crippen LogP contribution in [0.4, 0.5) is 0 Å². The van der Waals surface area contributed by atoms with E-state index in [9.17, 15) is 0 Å². The molecule has 100 heavy (non-hydrogen) atoms. The largest absolute Gasteiger partial charge is 0.452 e. The zero-order valence-corrected chi connectivity index (χ0v) is 54.8. The molecule has 0 fully saturated rings. The highest BCUT2D eigenvalue weighted by Crippen LogP contribution is 2.51. The van der Waals surface area contributed by atoms with Gasteiger partial charge in [-0.3, -0.25) is 9.13 Å². The molecule has 0 amide bonds. The van der Waals surface area contributed by atoms with Crippen molar-refractivity contribution in [3.8, 4) is 45.5 Å². The summed E-state index contributed by atoms with van der Waals surface area (Å²) >= 11 is 3.69. The van der Waals surface area contributed by atoms with E-state index in [2.05, 4.69) is 294 Å². The summed E-state index contributed by atoms with van der Waals surface area (Å²) < 4.78 is 23.1. The first-order valence-corrected chi connectivity index (χ1v) is 35.2. The van der Waals surface area contributed by atoms with Crippen molar-refractivity contribution < 1.29 is 8.83 Å². The number of hydrogen-bond donors (Lipinski definition) is 0. The van der Waals surface area contributed by atoms with E-state index >= 15 is 0 Å². The molecule has 23 aromatic rings. The van der Waals surface area contributed by atoms with Crippen molar-refractivity contribution in [1.29, 1.82) is 0 Å². The molecule has 0 unspecified atom stereocenters. The molecule has 8 aromatic heterocycles. The van der Waals surface area contributed by atoms with Crippen molar-refractivity contribution in [3.63, 3.8) is 0 Å². The van der Waals surface area contributed by atoms with E-state index < -0.39 is 0 Å². The minimum absolute atomic E-state index is 0.619. The van der Waals surface area contributed by atoms with Gasteiger partial charge in [-0.25, -0.2) is 19.9 Å². The van der Waals surface area contributed by atoms with Gasteiger partial charge in [0.2, 0.25) is 11.9 Å². The fourth-order valence-electron chi connectivity index (χ4n) is 16.1. The lowest BCUT2D eigenvalue weighted by atomic mass is 9.99. The third-order valence-electron chi connectivity index (χ3n) is 20.4. The molecule has 0 N–H and O–H groups in total. The number of hydrogen-bond acceptors (Lipinski definition) is 8. The lowest BCUT2D eigenvalue weighted by molar-refractivity contribution is 0.667. The zero-order chi connectivity index (χ0) is 65.3. The first-order valence-electron chi connectivity index (χ1n) is 33.6. The Kier molecular flexibility index (Phi) is 11.8. The number of fused-ring (bicyclic) bond motifs is 30. The van der Waals surface area contributed by atoms with Gasteiger partial charge < -0.3 is 8.83 Å². The van der Waals surface area contributed by atoms with E-state index in [1.54, 1.807) is 0 Å². The molecule has 8 heterocycles. The molecule has 464 valence electrons. The van der Waals surface area contributed by atoms with E-state index in [0.717, 1.165) is 110 Å². The van der Waals surface area contributed by atoms with Crippen LogP contribution in [0.2, 0.25) is 0 Å². The van der Waals surface area contributed by atoms with Crippen LogP contribution in [0.1, 0.15) is 0 Å². The molecule has 0 saturated carbocycles. The molecular formula is C90H50N6O2S2. The first kappa shape index (κ1) is 55.3. The van der Waals surface area contributed by atoms with Crippen LogP contribution in [0.25, 0.3) is 217 Å². The Bertz CT molecular complexity index is 7420. The lowest BCUT2D eigenvalue weighted by Gasteiger charge is -2.11. The van der Waals surface area contributed by atoms with Crippen LogP contribution >= 0.6 is 22.7 Å². The normalized spacial score (nSPS) is 12.2. The summed E-state index contributed by atoms with van der Waals surface area (Å²) in [6.07, 6.45) is 0. The van der Waals surface area contributed by atoms with E-state index in [4.69, 9.17) is 28.8 Å². The highest BCUT2D eigenvalue weighted by atomic mass is 32.1. The number of para-hydroxylation sites is 2. The van der Waals surface area contributed by atoms with Crippen molar-refractivity contribution in [1.82, 2.24) is 29.1 Å². The second-order valence-electron chi connectivity index (χ2n) is 25.8. The van der Waals surface area contributed by atoms with Gasteiger partial charge in [-0.2, -0.15) is 0 Å². The molecule has 10 heteroatoms. The molecular weight excluding hydrogens is 1260 g/mol. The Morgan fingerprint density at radius 1 is 0.260 bits per heavy atom. The number of benzene rings is 15. The summed E-state index contributed by atoms with van der Waals surface area (Å²) in [4.78, 5) is 21.8. The quantitative estimate of drug-likeness (QED) is 0.171. The number of rotatable bonds is 5. The molecule has 0 aliphatic heterocycles. The molecule has 0 atom stereocenters. The maximum atomic E-state index is 6.88. The molecule has 0 aliphatic carbocycles. The standard InChI is InChI=1S/C48H27N3OS.C42H23N3OS/c1-2-13-28(14-3-1)30-16-12-17-31(27-30)42-46-43(37-26-25-29-15-4-5-18-32(29)45(37)52-46)50-48(49-42)51-38-23-10-8-21-35(38)40-33-19-6-7-20-34(33)41-36-22-9-11-24-39(36)53-47(41)44(40)51;1-2-13-25(14-3-1)37-40-38(36-26-15-5-4-12-24(26)22-23-32(36)46-40)44-42(43-37)45-31-20-10-8-18-29(31)34-27-16-6-7-17-28(27)35-30-19-9-11-21-33(30)47-41(35)39(34)45/h1-27H;1-23H. The lowest BCUT2D eigenvalue weighted by Crippen LogP contribution is -2.03. The Morgan fingerprint density at radius 3 is 1.29 bits per heavy atom. The summed E-state index contributed by atoms with van der Waals surface area (Å²) in [6, 6.07) is 107. The monoisotopic (exact) mass is 1310 g/mol. The maximum absolute atomic E-state index is 6.88. The third-order valence-corrected chi connectivity index (χ3v) is 22.7. The fourth-order valence-corrected chi connectivity index (χ4v) is 18.6. The van der Waals surface area contributed by atoms with Crippen molar-refractivity contribution in [2.24, 2.45) is 0 Å². The highest BCUT2D eigenvalue weighted by molar-refractivity contribution is 7.27. The van der Waals surface area contributed by atoms with Gasteiger partial charge in [0.15, 0.2) is 11.2 Å². The average molecular weight is 1310 g/mol. The van der Waals surface area contributed by atoms with Gasteiger partial charge in [-0.1, -0.05) is 261 Å². The van der Waals surface area contributed by atoms with Crippen molar-refractivity contribution in [2.75, 3.05) is 0 Å². The predicted octanol–water partition coefficient (Wildman–Crippen LogP) is 25.3. The second kappa shape index (κ2) is 21.3. The predicted molar refractivity (Wildman–Crippen MR) is 419 cm³/mol. The highest BCUT2D eigenvalue weighted by Gasteiger charge is 2.29. The Morgan fingerprint density at radius 2 is 0.690 bits per heavy atom. The topological polar surface area (TPSA) is 87.7 Å². The molecule has 0 radical (unpaired) electrons. The van der Waals surface area contributed by atoms with Gasteiger partial charge >= 0.3 is 0 Å². The minimum atomic E-state index is 0.619. The van der Waals surface area contributed by atoms with E-state index in [-0.39, 0.29) is 0 Å². The maximum Gasteiger partial charge on any atom is 0.236 e. The van der Waals surface area contributed by atoms with Gasteiger partial charge in [0.1, 0.15) is 33.6 Å². The first-order chi connectivity index (χ1) is 49.6. The summed E-state index contributed by atoms with van der Waals surface area (Å²) in [7, 11) is 0. The second-order valence-corrected chi connectivity index (χ2v) is 27.9. The Balaban J connectivity index is 0.000000128. The summed E-state index contributed by atoms with van der Waals surface area (Å²) in [5, 5.41) is 21.3. The van der Waals surface area contributed by atoms with Gasteiger partial charge in [0, 0.05) is 74.4 Å². The average Bonchev–Trinajstić information content (AvgIpc) is 1.54. The SMILES string of the molecule is c1ccc(-c2cccc(-c3nc(-n4c5ccccc5c5c6ccccc6c6c7ccccc7sc6c54)nc4c3oc3c5ccccc5ccc43)c2)cc1.c1ccc(-c2nc(-n3c4ccccc4c4c5ccccc5c5c6ccccc6sc5c43)nc3c2oc2ccc4ccccc4c23)cc1. The summed E-state index contributed by atoms with van der Waals surface area (Å²) in [5.74, 6) is 1.25. The van der Waals surface area contributed by atoms with Crippen molar-refractivity contribution in [3.05, 3.63) is 303 Å². The Labute approximate surface area is 576 Å². The smallest absolute Gasteiger partial charge is 0.236 e. The molecule has 0 bridgehead atoms. The zero-order valence-electron chi connectivity index (χ0n) is 53.2. The molecule has 0 spiro atoms. The van der Waals surface area contributed by atoms with E-state index in [0.29, 0.717) is 23.1 Å². The van der Waals surface area contributed by atoms with E-state index in [1.165, 1.54) is 83.4 Å². The van der Waals surface area contributed by atoms with Crippen LogP contribution in [-0.2, 0) is 0 Å².